The van der Waals surface area contributed by atoms with Gasteiger partial charge in [0.1, 0.15) is 5.92 Å². The van der Waals surface area contributed by atoms with E-state index in [4.69, 9.17) is 9.52 Å². The predicted octanol–water partition coefficient (Wildman–Crippen LogP) is 1.03. The van der Waals surface area contributed by atoms with E-state index in [1.54, 1.807) is 0 Å². The second-order valence-corrected chi connectivity index (χ2v) is 4.03. The number of aromatic nitrogens is 1. The van der Waals surface area contributed by atoms with Crippen LogP contribution in [0.4, 0.5) is 0 Å². The van der Waals surface area contributed by atoms with Crippen molar-refractivity contribution in [1.82, 2.24) is 4.57 Å². The van der Waals surface area contributed by atoms with Crippen LogP contribution in [-0.2, 0) is 11.8 Å². The van der Waals surface area contributed by atoms with Gasteiger partial charge in [0.2, 0.25) is 0 Å². The molecule has 2 aromatic rings. The summed E-state index contributed by atoms with van der Waals surface area (Å²) in [6.45, 7) is 1.32. The topological polar surface area (TPSA) is 89.5 Å². The van der Waals surface area contributed by atoms with Gasteiger partial charge in [-0.2, -0.15) is 0 Å². The van der Waals surface area contributed by atoms with E-state index in [2.05, 4.69) is 0 Å². The predicted molar refractivity (Wildman–Crippen MR) is 62.6 cm³/mol. The number of Topliss-reactive ketones (excluding diaryl/α,β-unsaturated/α-hetero) is 1. The van der Waals surface area contributed by atoms with Crippen LogP contribution in [0.5, 0.6) is 0 Å². The van der Waals surface area contributed by atoms with Crippen LogP contribution in [0.25, 0.3) is 11.1 Å². The van der Waals surface area contributed by atoms with Crippen molar-refractivity contribution in [2.24, 2.45) is 13.0 Å². The molecule has 0 saturated carbocycles. The first kappa shape index (κ1) is 12.1. The van der Waals surface area contributed by atoms with Gasteiger partial charge in [-0.1, -0.05) is 0 Å². The van der Waals surface area contributed by atoms with Crippen LogP contribution in [0.2, 0.25) is 0 Å². The van der Waals surface area contributed by atoms with Crippen LogP contribution >= 0.6 is 0 Å². The van der Waals surface area contributed by atoms with Crippen LogP contribution < -0.4 is 5.76 Å². The Kier molecular flexibility index (Phi) is 2.78. The minimum absolute atomic E-state index is 0.244. The maximum absolute atomic E-state index is 11.8. The molecule has 0 spiro atoms. The van der Waals surface area contributed by atoms with E-state index in [0.29, 0.717) is 11.1 Å². The van der Waals surface area contributed by atoms with Crippen molar-refractivity contribution in [2.75, 3.05) is 0 Å². The number of carbonyl (C=O) groups is 2. The highest BCUT2D eigenvalue weighted by atomic mass is 16.4. The molecule has 0 bridgehead atoms. The summed E-state index contributed by atoms with van der Waals surface area (Å²) in [5.41, 5.74) is 1.07. The third-order valence-corrected chi connectivity index (χ3v) is 2.84. The van der Waals surface area contributed by atoms with Gasteiger partial charge in [0.05, 0.1) is 5.52 Å². The van der Waals surface area contributed by atoms with E-state index in [1.165, 1.54) is 36.7 Å². The Morgan fingerprint density at radius 3 is 2.67 bits per heavy atom. The van der Waals surface area contributed by atoms with Gasteiger partial charge in [-0.3, -0.25) is 14.2 Å². The van der Waals surface area contributed by atoms with Crippen molar-refractivity contribution in [3.8, 4) is 0 Å². The third-order valence-electron chi connectivity index (χ3n) is 2.84. The number of fused-ring (bicyclic) bond motifs is 1. The number of nitrogens with zero attached hydrogens (tertiary/aromatic N) is 1. The average molecular weight is 249 g/mol. The Balaban J connectivity index is 2.53. The summed E-state index contributed by atoms with van der Waals surface area (Å²) >= 11 is 0. The molecule has 0 fully saturated rings. The minimum atomic E-state index is -1.18. The smallest absolute Gasteiger partial charge is 0.419 e. The van der Waals surface area contributed by atoms with Gasteiger partial charge in [0.15, 0.2) is 11.4 Å². The molecule has 1 aromatic heterocycles. The molecule has 1 aromatic carbocycles. The number of rotatable bonds is 3. The Morgan fingerprint density at radius 1 is 1.39 bits per heavy atom. The summed E-state index contributed by atoms with van der Waals surface area (Å²) in [6, 6.07) is 4.40. The number of hydrogen-bond donors (Lipinski definition) is 1. The Hall–Kier alpha value is -2.37. The van der Waals surface area contributed by atoms with E-state index in [1.807, 2.05) is 0 Å². The highest BCUT2D eigenvalue weighted by molar-refractivity contribution is 6.08. The lowest BCUT2D eigenvalue weighted by Gasteiger charge is -2.05. The van der Waals surface area contributed by atoms with Crippen LogP contribution in [0.3, 0.4) is 0 Å². The van der Waals surface area contributed by atoms with E-state index in [-0.39, 0.29) is 5.56 Å². The summed E-state index contributed by atoms with van der Waals surface area (Å²) in [6.07, 6.45) is 0. The third kappa shape index (κ3) is 1.81. The second-order valence-electron chi connectivity index (χ2n) is 4.03. The van der Waals surface area contributed by atoms with Crippen molar-refractivity contribution < 1.29 is 19.1 Å². The lowest BCUT2D eigenvalue weighted by atomic mass is 9.99. The number of carboxylic acid groups (broad SMARTS) is 1. The van der Waals surface area contributed by atoms with Gasteiger partial charge in [0.25, 0.3) is 0 Å². The molecule has 1 heterocycles. The van der Waals surface area contributed by atoms with Gasteiger partial charge < -0.3 is 9.52 Å². The number of oxazole rings is 1. The van der Waals surface area contributed by atoms with E-state index < -0.39 is 23.4 Å². The maximum Gasteiger partial charge on any atom is 0.419 e. The molecule has 18 heavy (non-hydrogen) atoms. The first-order chi connectivity index (χ1) is 8.41. The summed E-state index contributed by atoms with van der Waals surface area (Å²) in [5.74, 6) is -3.33. The summed E-state index contributed by atoms with van der Waals surface area (Å²) < 4.78 is 6.18. The fourth-order valence-electron chi connectivity index (χ4n) is 1.64. The Morgan fingerprint density at radius 2 is 2.06 bits per heavy atom. The molecule has 6 nitrogen and oxygen atoms in total. The summed E-state index contributed by atoms with van der Waals surface area (Å²) in [5, 5.41) is 8.79. The molecule has 0 saturated heterocycles. The van der Waals surface area contributed by atoms with E-state index in [0.717, 1.165) is 0 Å². The van der Waals surface area contributed by atoms with Crippen molar-refractivity contribution in [3.63, 3.8) is 0 Å². The fraction of sp³-hybridized carbons (Fsp3) is 0.250. The van der Waals surface area contributed by atoms with Gasteiger partial charge in [-0.15, -0.1) is 0 Å². The van der Waals surface area contributed by atoms with Crippen molar-refractivity contribution >= 4 is 22.9 Å². The van der Waals surface area contributed by atoms with E-state index >= 15 is 0 Å². The van der Waals surface area contributed by atoms with E-state index in [9.17, 15) is 14.4 Å². The van der Waals surface area contributed by atoms with Crippen LogP contribution in [0.15, 0.2) is 27.4 Å². The molecular weight excluding hydrogens is 238 g/mol. The van der Waals surface area contributed by atoms with Crippen LogP contribution in [0, 0.1) is 5.92 Å². The molecule has 0 aliphatic heterocycles. The van der Waals surface area contributed by atoms with Crippen molar-refractivity contribution in [2.45, 2.75) is 6.92 Å². The molecule has 1 atom stereocenters. The first-order valence-corrected chi connectivity index (χ1v) is 5.28. The molecule has 0 aliphatic rings. The van der Waals surface area contributed by atoms with Crippen LogP contribution in [0.1, 0.15) is 17.3 Å². The molecule has 94 valence electrons. The van der Waals surface area contributed by atoms with Crippen LogP contribution in [-0.4, -0.2) is 21.4 Å². The van der Waals surface area contributed by atoms with Crippen molar-refractivity contribution in [1.29, 1.82) is 0 Å². The fourth-order valence-corrected chi connectivity index (χ4v) is 1.64. The Bertz CT molecular complexity index is 694. The minimum Gasteiger partial charge on any atom is -0.481 e. The molecule has 0 radical (unpaired) electrons. The second kappa shape index (κ2) is 4.14. The number of ketones is 1. The van der Waals surface area contributed by atoms with Gasteiger partial charge >= 0.3 is 11.7 Å². The highest BCUT2D eigenvalue weighted by Crippen LogP contribution is 2.17. The lowest BCUT2D eigenvalue weighted by Crippen LogP contribution is -2.20. The number of carbonyl (C=O) groups excluding carboxylic acids is 1. The molecular formula is C12H11NO5. The SMILES string of the molecule is CC(C(=O)O)C(=O)c1ccc2oc(=O)n(C)c2c1. The molecule has 0 amide bonds. The highest BCUT2D eigenvalue weighted by Gasteiger charge is 2.22. The molecule has 2 rings (SSSR count). The maximum atomic E-state index is 11.8. The number of carboxylic acids is 1. The molecule has 1 N–H and O–H groups in total. The zero-order valence-electron chi connectivity index (χ0n) is 9.84. The number of aryl methyl sites for hydroxylation is 1. The zero-order valence-corrected chi connectivity index (χ0v) is 9.84. The normalized spacial score (nSPS) is 12.6. The van der Waals surface area contributed by atoms with Gasteiger partial charge in [0, 0.05) is 12.6 Å². The molecule has 1 unspecified atom stereocenters. The standard InChI is InChI=1S/C12H11NO5/c1-6(11(15)16)10(14)7-3-4-9-8(5-7)13(2)12(17)18-9/h3-6H,1-2H3,(H,15,16). The quantitative estimate of drug-likeness (QED) is 0.648. The summed E-state index contributed by atoms with van der Waals surface area (Å²) in [4.78, 5) is 33.9. The van der Waals surface area contributed by atoms with Gasteiger partial charge in [-0.25, -0.2) is 4.79 Å². The monoisotopic (exact) mass is 249 g/mol. The molecule has 6 heteroatoms. The number of hydrogen-bond acceptors (Lipinski definition) is 4. The molecule has 0 aliphatic carbocycles. The number of aliphatic carboxylic acids is 1. The van der Waals surface area contributed by atoms with Crippen molar-refractivity contribution in [3.05, 3.63) is 34.3 Å². The Labute approximate surface area is 101 Å². The average Bonchev–Trinajstić information content (AvgIpc) is 2.63. The first-order valence-electron chi connectivity index (χ1n) is 5.28. The largest absolute Gasteiger partial charge is 0.481 e. The number of benzene rings is 1. The van der Waals surface area contributed by atoms with Gasteiger partial charge in [-0.05, 0) is 25.1 Å². The zero-order chi connectivity index (χ0) is 13.4. The lowest BCUT2D eigenvalue weighted by molar-refractivity contribution is -0.139. The summed E-state index contributed by atoms with van der Waals surface area (Å²) in [7, 11) is 1.52.